The quantitative estimate of drug-likeness (QED) is 0.793. The van der Waals surface area contributed by atoms with Gasteiger partial charge in [-0.15, -0.1) is 0 Å². The summed E-state index contributed by atoms with van der Waals surface area (Å²) < 4.78 is 5.38. The van der Waals surface area contributed by atoms with Crippen molar-refractivity contribution < 1.29 is 14.3 Å². The molecule has 0 saturated carbocycles. The Balaban J connectivity index is 2.63. The number of ether oxygens (including phenoxy) is 1. The number of rotatable bonds is 4. The van der Waals surface area contributed by atoms with E-state index in [9.17, 15) is 9.59 Å². The van der Waals surface area contributed by atoms with E-state index in [4.69, 9.17) is 4.74 Å². The minimum absolute atomic E-state index is 0.00735. The van der Waals surface area contributed by atoms with Crippen molar-refractivity contribution in [2.75, 3.05) is 20.1 Å². The molecule has 0 spiro atoms. The first-order valence-electron chi connectivity index (χ1n) is 7.32. The molecule has 5 heteroatoms. The fraction of sp³-hybridized carbons (Fsp3) is 0.867. The molecule has 1 rings (SSSR count). The zero-order valence-electron chi connectivity index (χ0n) is 13.5. The first-order chi connectivity index (χ1) is 9.10. The molecule has 1 fully saturated rings. The summed E-state index contributed by atoms with van der Waals surface area (Å²) in [7, 11) is 2.00. The molecule has 0 aromatic heterocycles. The number of carbonyl (C=O) groups is 2. The van der Waals surface area contributed by atoms with Gasteiger partial charge in [0.15, 0.2) is 0 Å². The highest BCUT2D eigenvalue weighted by atomic mass is 16.6. The summed E-state index contributed by atoms with van der Waals surface area (Å²) >= 11 is 0. The number of likely N-dealkylation sites (tertiary alicyclic amines) is 1. The molecule has 0 bridgehead atoms. The Labute approximate surface area is 122 Å². The summed E-state index contributed by atoms with van der Waals surface area (Å²) in [6.45, 7) is 11.0. The van der Waals surface area contributed by atoms with Crippen LogP contribution in [-0.2, 0) is 14.3 Å². The molecular formula is C15H28N2O3. The Morgan fingerprint density at radius 1 is 1.30 bits per heavy atom. The second-order valence-electron chi connectivity index (χ2n) is 7.01. The lowest BCUT2D eigenvalue weighted by molar-refractivity contribution is -0.160. The van der Waals surface area contributed by atoms with Crippen molar-refractivity contribution >= 4 is 11.9 Å². The van der Waals surface area contributed by atoms with E-state index in [0.717, 1.165) is 19.5 Å². The maximum absolute atomic E-state index is 12.2. The van der Waals surface area contributed by atoms with Crippen molar-refractivity contribution in [3.63, 3.8) is 0 Å². The molecule has 1 amide bonds. The highest BCUT2D eigenvalue weighted by Gasteiger charge is 2.33. The van der Waals surface area contributed by atoms with Crippen LogP contribution < -0.4 is 5.32 Å². The lowest BCUT2D eigenvalue weighted by Gasteiger charge is -2.27. The third kappa shape index (κ3) is 5.12. The van der Waals surface area contributed by atoms with Crippen LogP contribution in [-0.4, -0.2) is 48.6 Å². The number of carbonyl (C=O) groups excluding carboxylic acids is 2. The second kappa shape index (κ2) is 6.57. The van der Waals surface area contributed by atoms with Gasteiger partial charge in [0.1, 0.15) is 11.6 Å². The summed E-state index contributed by atoms with van der Waals surface area (Å²) in [5.41, 5.74) is -0.539. The van der Waals surface area contributed by atoms with Crippen molar-refractivity contribution in [2.45, 2.75) is 52.7 Å². The van der Waals surface area contributed by atoms with E-state index in [0.29, 0.717) is 0 Å². The molecule has 1 aliphatic heterocycles. The van der Waals surface area contributed by atoms with E-state index >= 15 is 0 Å². The van der Waals surface area contributed by atoms with Crippen LogP contribution in [0, 0.1) is 11.8 Å². The molecule has 0 aliphatic carbocycles. The molecule has 2 atom stereocenters. The van der Waals surface area contributed by atoms with Gasteiger partial charge < -0.3 is 15.0 Å². The fourth-order valence-electron chi connectivity index (χ4n) is 2.28. The molecule has 1 heterocycles. The van der Waals surface area contributed by atoms with E-state index in [1.165, 1.54) is 0 Å². The molecule has 0 aromatic carbocycles. The average molecular weight is 284 g/mol. The zero-order valence-corrected chi connectivity index (χ0v) is 13.5. The van der Waals surface area contributed by atoms with Gasteiger partial charge in [0.2, 0.25) is 5.91 Å². The maximum atomic E-state index is 12.2. The number of hydrogen-bond donors (Lipinski definition) is 1. The van der Waals surface area contributed by atoms with Gasteiger partial charge >= 0.3 is 5.97 Å². The minimum atomic E-state index is -0.576. The van der Waals surface area contributed by atoms with Crippen molar-refractivity contribution in [1.29, 1.82) is 0 Å². The maximum Gasteiger partial charge on any atom is 0.329 e. The van der Waals surface area contributed by atoms with Crippen molar-refractivity contribution in [3.05, 3.63) is 0 Å². The van der Waals surface area contributed by atoms with Gasteiger partial charge in [-0.05, 0) is 46.7 Å². The van der Waals surface area contributed by atoms with Gasteiger partial charge in [-0.1, -0.05) is 13.8 Å². The third-order valence-electron chi connectivity index (χ3n) is 3.39. The van der Waals surface area contributed by atoms with Crippen LogP contribution in [0.4, 0.5) is 0 Å². The molecule has 5 nitrogen and oxygen atoms in total. The Morgan fingerprint density at radius 3 is 2.30 bits per heavy atom. The van der Waals surface area contributed by atoms with E-state index in [1.54, 1.807) is 0 Å². The molecular weight excluding hydrogens is 256 g/mol. The first-order valence-corrected chi connectivity index (χ1v) is 7.32. The topological polar surface area (TPSA) is 58.6 Å². The second-order valence-corrected chi connectivity index (χ2v) is 7.01. The SMILES string of the molecule is CC(C)[C@@H](NC(=O)C1CCN(C)C1)C(=O)OC(C)(C)C. The van der Waals surface area contributed by atoms with Crippen molar-refractivity contribution in [1.82, 2.24) is 10.2 Å². The molecule has 0 aromatic rings. The fourth-order valence-corrected chi connectivity index (χ4v) is 2.28. The monoisotopic (exact) mass is 284 g/mol. The van der Waals surface area contributed by atoms with E-state index in [1.807, 2.05) is 41.7 Å². The molecule has 1 unspecified atom stereocenters. The van der Waals surface area contributed by atoms with Gasteiger partial charge in [-0.25, -0.2) is 4.79 Å². The van der Waals surface area contributed by atoms with Crippen LogP contribution >= 0.6 is 0 Å². The Hall–Kier alpha value is -1.10. The summed E-state index contributed by atoms with van der Waals surface area (Å²) in [5.74, 6) is -0.414. The molecule has 116 valence electrons. The first kappa shape index (κ1) is 17.0. The van der Waals surface area contributed by atoms with Crippen LogP contribution in [0.3, 0.4) is 0 Å². The predicted molar refractivity (Wildman–Crippen MR) is 78.2 cm³/mol. The van der Waals surface area contributed by atoms with Gasteiger partial charge in [0.05, 0.1) is 5.92 Å². The Morgan fingerprint density at radius 2 is 1.90 bits per heavy atom. The number of hydrogen-bond acceptors (Lipinski definition) is 4. The minimum Gasteiger partial charge on any atom is -0.458 e. The van der Waals surface area contributed by atoms with Crippen molar-refractivity contribution in [3.8, 4) is 0 Å². The third-order valence-corrected chi connectivity index (χ3v) is 3.39. The average Bonchev–Trinajstić information content (AvgIpc) is 2.69. The number of esters is 1. The summed E-state index contributed by atoms with van der Waals surface area (Å²) in [5, 5.41) is 2.86. The lowest BCUT2D eigenvalue weighted by atomic mass is 10.0. The highest BCUT2D eigenvalue weighted by molar-refractivity contribution is 5.86. The summed E-state index contributed by atoms with van der Waals surface area (Å²) in [6, 6.07) is -0.576. The molecule has 1 N–H and O–H groups in total. The smallest absolute Gasteiger partial charge is 0.329 e. The summed E-state index contributed by atoms with van der Waals surface area (Å²) in [4.78, 5) is 26.5. The predicted octanol–water partition coefficient (Wildman–Crippen LogP) is 1.42. The van der Waals surface area contributed by atoms with E-state index in [2.05, 4.69) is 10.2 Å². The number of nitrogens with one attached hydrogen (secondary N) is 1. The molecule has 1 saturated heterocycles. The largest absolute Gasteiger partial charge is 0.458 e. The molecule has 1 aliphatic rings. The van der Waals surface area contributed by atoms with Gasteiger partial charge in [-0.3, -0.25) is 4.79 Å². The van der Waals surface area contributed by atoms with Crippen LogP contribution in [0.5, 0.6) is 0 Å². The van der Waals surface area contributed by atoms with Gasteiger partial charge in [0, 0.05) is 6.54 Å². The van der Waals surface area contributed by atoms with E-state index < -0.39 is 11.6 Å². The molecule has 0 radical (unpaired) electrons. The van der Waals surface area contributed by atoms with Crippen LogP contribution in [0.1, 0.15) is 41.0 Å². The number of nitrogens with zero attached hydrogens (tertiary/aromatic N) is 1. The normalized spacial score (nSPS) is 21.9. The zero-order chi connectivity index (χ0) is 15.5. The van der Waals surface area contributed by atoms with Crippen LogP contribution in [0.25, 0.3) is 0 Å². The Bertz CT molecular complexity index is 361. The Kier molecular flexibility index (Phi) is 5.57. The van der Waals surface area contributed by atoms with Crippen LogP contribution in [0.15, 0.2) is 0 Å². The van der Waals surface area contributed by atoms with Crippen LogP contribution in [0.2, 0.25) is 0 Å². The molecule has 20 heavy (non-hydrogen) atoms. The highest BCUT2D eigenvalue weighted by Crippen LogP contribution is 2.17. The van der Waals surface area contributed by atoms with Gasteiger partial charge in [0.25, 0.3) is 0 Å². The van der Waals surface area contributed by atoms with E-state index in [-0.39, 0.29) is 23.7 Å². The number of amides is 1. The van der Waals surface area contributed by atoms with Crippen molar-refractivity contribution in [2.24, 2.45) is 11.8 Å². The standard InChI is InChI=1S/C15H28N2O3/c1-10(2)12(14(19)20-15(3,4)5)16-13(18)11-7-8-17(6)9-11/h10-12H,7-9H2,1-6H3,(H,16,18)/t11?,12-/m1/s1. The van der Waals surface area contributed by atoms with Gasteiger partial charge in [-0.2, -0.15) is 0 Å². The summed E-state index contributed by atoms with van der Waals surface area (Å²) in [6.07, 6.45) is 0.849. The lowest BCUT2D eigenvalue weighted by Crippen LogP contribution is -2.49.